The van der Waals surface area contributed by atoms with E-state index in [0.29, 0.717) is 17.0 Å². The van der Waals surface area contributed by atoms with Crippen molar-refractivity contribution in [3.8, 4) is 11.8 Å². The number of carbonyl (C=O) groups is 2. The second kappa shape index (κ2) is 10.7. The number of amides is 3. The molecule has 0 fully saturated rings. The lowest BCUT2D eigenvalue weighted by Crippen LogP contribution is -2.41. The molecule has 4 N–H and O–H groups in total. The molecule has 1 unspecified atom stereocenters. The summed E-state index contributed by atoms with van der Waals surface area (Å²) in [7, 11) is 0. The zero-order valence-electron chi connectivity index (χ0n) is 17.6. The van der Waals surface area contributed by atoms with E-state index >= 15 is 0 Å². The monoisotopic (exact) mass is 447 g/mol. The fourth-order valence-corrected chi connectivity index (χ4v) is 2.95. The molecule has 0 bridgehead atoms. The second-order valence-corrected chi connectivity index (χ2v) is 7.52. The van der Waals surface area contributed by atoms with Crippen molar-refractivity contribution in [3.63, 3.8) is 0 Å². The van der Waals surface area contributed by atoms with Gasteiger partial charge in [-0.1, -0.05) is 50.0 Å². The quantitative estimate of drug-likeness (QED) is 0.352. The number of urea groups is 1. The van der Waals surface area contributed by atoms with Crippen LogP contribution >= 0.6 is 0 Å². The van der Waals surface area contributed by atoms with Crippen molar-refractivity contribution in [2.45, 2.75) is 39.0 Å². The first kappa shape index (κ1) is 24.8. The van der Waals surface area contributed by atoms with Crippen molar-refractivity contribution in [2.24, 2.45) is 11.7 Å². The molecule has 0 radical (unpaired) electrons. The van der Waals surface area contributed by atoms with Crippen LogP contribution in [0, 0.1) is 17.8 Å². The highest BCUT2D eigenvalue weighted by Crippen LogP contribution is 2.31. The molecule has 32 heavy (non-hydrogen) atoms. The Morgan fingerprint density at radius 3 is 2.47 bits per heavy atom. The summed E-state index contributed by atoms with van der Waals surface area (Å²) in [5, 5.41) is 12.7. The molecular weight excluding hydrogens is 423 g/mol. The third-order valence-corrected chi connectivity index (χ3v) is 4.49. The van der Waals surface area contributed by atoms with Gasteiger partial charge in [0.2, 0.25) is 0 Å². The lowest BCUT2D eigenvalue weighted by Gasteiger charge is -2.21. The number of primary amides is 1. The summed E-state index contributed by atoms with van der Waals surface area (Å²) >= 11 is 0. The third kappa shape index (κ3) is 7.03. The first-order chi connectivity index (χ1) is 15.0. The minimum Gasteiger partial charge on any atom is -0.350 e. The number of halogens is 3. The van der Waals surface area contributed by atoms with E-state index in [1.54, 1.807) is 12.1 Å². The Labute approximate surface area is 184 Å². The van der Waals surface area contributed by atoms with Crippen molar-refractivity contribution in [2.75, 3.05) is 0 Å². The van der Waals surface area contributed by atoms with Crippen LogP contribution in [-0.2, 0) is 12.7 Å². The number of nitrogens with zero attached hydrogens (tertiary/aromatic N) is 1. The fourth-order valence-electron chi connectivity index (χ4n) is 2.95. The zero-order chi connectivity index (χ0) is 23.9. The second-order valence-electron chi connectivity index (χ2n) is 7.52. The predicted octanol–water partition coefficient (Wildman–Crippen LogP) is 4.17. The maximum Gasteiger partial charge on any atom is 0.416 e. The molecule has 0 heterocycles. The van der Waals surface area contributed by atoms with Crippen LogP contribution in [0.2, 0.25) is 0 Å². The average molecular weight is 447 g/mol. The van der Waals surface area contributed by atoms with Gasteiger partial charge in [-0.15, -0.1) is 0 Å². The molecule has 0 aliphatic heterocycles. The van der Waals surface area contributed by atoms with E-state index in [2.05, 4.69) is 17.2 Å². The Morgan fingerprint density at radius 2 is 1.84 bits per heavy atom. The number of carbonyl (C=O) groups excluding carboxylic acids is 2. The van der Waals surface area contributed by atoms with E-state index in [1.165, 1.54) is 30.3 Å². The van der Waals surface area contributed by atoms with Gasteiger partial charge in [-0.3, -0.25) is 10.0 Å². The smallest absolute Gasteiger partial charge is 0.350 e. The highest BCUT2D eigenvalue weighted by atomic mass is 19.4. The molecule has 9 heteroatoms. The number of alkyl halides is 3. The minimum absolute atomic E-state index is 0.0460. The van der Waals surface area contributed by atoms with Crippen LogP contribution < -0.4 is 11.1 Å². The maximum atomic E-state index is 13.1. The summed E-state index contributed by atoms with van der Waals surface area (Å²) in [5.41, 5.74) is 4.89. The molecule has 3 amide bonds. The first-order valence-electron chi connectivity index (χ1n) is 9.81. The lowest BCUT2D eigenvalue weighted by molar-refractivity contribution is -0.138. The van der Waals surface area contributed by atoms with Crippen molar-refractivity contribution >= 4 is 11.9 Å². The summed E-state index contributed by atoms with van der Waals surface area (Å²) < 4.78 is 39.3. The summed E-state index contributed by atoms with van der Waals surface area (Å²) in [6, 6.07) is 9.33. The van der Waals surface area contributed by atoms with Gasteiger partial charge in [0.15, 0.2) is 0 Å². The van der Waals surface area contributed by atoms with E-state index in [4.69, 9.17) is 5.73 Å². The number of hydroxylamine groups is 2. The van der Waals surface area contributed by atoms with Crippen LogP contribution in [0.25, 0.3) is 0 Å². The average Bonchev–Trinajstić information content (AvgIpc) is 2.73. The molecule has 0 saturated heterocycles. The Bertz CT molecular complexity index is 1030. The molecular formula is C23H24F3N3O3. The van der Waals surface area contributed by atoms with Gasteiger partial charge in [0.25, 0.3) is 5.91 Å². The van der Waals surface area contributed by atoms with Crippen LogP contribution in [0.1, 0.15) is 47.3 Å². The molecule has 0 saturated carbocycles. The van der Waals surface area contributed by atoms with Gasteiger partial charge in [0.1, 0.15) is 6.04 Å². The molecule has 0 spiro atoms. The van der Waals surface area contributed by atoms with Gasteiger partial charge in [0, 0.05) is 17.7 Å². The minimum atomic E-state index is -4.52. The van der Waals surface area contributed by atoms with Gasteiger partial charge >= 0.3 is 12.2 Å². The molecule has 0 aliphatic rings. The third-order valence-electron chi connectivity index (χ3n) is 4.49. The van der Waals surface area contributed by atoms with E-state index in [1.807, 2.05) is 13.8 Å². The van der Waals surface area contributed by atoms with E-state index in [0.717, 1.165) is 6.07 Å². The Kier molecular flexibility index (Phi) is 8.27. The summed E-state index contributed by atoms with van der Waals surface area (Å²) in [6.45, 7) is 3.50. The van der Waals surface area contributed by atoms with Gasteiger partial charge in [-0.2, -0.15) is 18.2 Å². The van der Waals surface area contributed by atoms with E-state index in [9.17, 15) is 28.0 Å². The van der Waals surface area contributed by atoms with Crippen molar-refractivity contribution in [1.82, 2.24) is 10.4 Å². The molecule has 2 aromatic carbocycles. The topological polar surface area (TPSA) is 95.7 Å². The first-order valence-corrected chi connectivity index (χ1v) is 9.81. The SMILES string of the molecule is CC(C)CC(C#Cc1cccc(C(=O)NCc2ccccc2C(F)(F)F)c1)N(O)C(N)=O. The summed E-state index contributed by atoms with van der Waals surface area (Å²) in [4.78, 5) is 23.7. The van der Waals surface area contributed by atoms with E-state index in [-0.39, 0.29) is 23.6 Å². The molecule has 0 aromatic heterocycles. The Hall–Kier alpha value is -3.51. The van der Waals surface area contributed by atoms with Gasteiger partial charge < -0.3 is 11.1 Å². The number of hydrogen-bond acceptors (Lipinski definition) is 3. The number of benzene rings is 2. The van der Waals surface area contributed by atoms with Crippen LogP contribution in [0.4, 0.5) is 18.0 Å². The lowest BCUT2D eigenvalue weighted by atomic mass is 10.0. The summed E-state index contributed by atoms with van der Waals surface area (Å²) in [5.74, 6) is 5.12. The highest BCUT2D eigenvalue weighted by Gasteiger charge is 2.32. The predicted molar refractivity (Wildman–Crippen MR) is 112 cm³/mol. The number of nitrogens with two attached hydrogens (primary N) is 1. The van der Waals surface area contributed by atoms with Crippen LogP contribution in [0.3, 0.4) is 0 Å². The van der Waals surface area contributed by atoms with Crippen molar-refractivity contribution in [1.29, 1.82) is 0 Å². The van der Waals surface area contributed by atoms with Gasteiger partial charge in [0.05, 0.1) is 5.56 Å². The fraction of sp³-hybridized carbons (Fsp3) is 0.304. The van der Waals surface area contributed by atoms with Crippen LogP contribution in [-0.4, -0.2) is 28.3 Å². The molecule has 6 nitrogen and oxygen atoms in total. The molecule has 2 rings (SSSR count). The number of hydrogen-bond donors (Lipinski definition) is 3. The van der Waals surface area contributed by atoms with Crippen molar-refractivity contribution in [3.05, 3.63) is 70.8 Å². The number of rotatable bonds is 6. The molecule has 170 valence electrons. The van der Waals surface area contributed by atoms with E-state index < -0.39 is 29.7 Å². The zero-order valence-corrected chi connectivity index (χ0v) is 17.6. The highest BCUT2D eigenvalue weighted by molar-refractivity contribution is 5.94. The van der Waals surface area contributed by atoms with Crippen LogP contribution in [0.5, 0.6) is 0 Å². The van der Waals surface area contributed by atoms with Gasteiger partial charge in [-0.25, -0.2) is 4.79 Å². The van der Waals surface area contributed by atoms with Gasteiger partial charge in [-0.05, 0) is 42.2 Å². The van der Waals surface area contributed by atoms with Crippen molar-refractivity contribution < 1.29 is 28.0 Å². The standard InChI is InChI=1S/C23H24F3N3O3/c1-15(2)12-19(29(32)22(27)31)11-10-16-6-5-8-17(13-16)21(30)28-14-18-7-3-4-9-20(18)23(24,25)26/h3-9,13,15,19,32H,12,14H2,1-2H3,(H2,27,31)(H,28,30). The largest absolute Gasteiger partial charge is 0.416 e. The Balaban J connectivity index is 2.16. The van der Waals surface area contributed by atoms with Crippen LogP contribution in [0.15, 0.2) is 48.5 Å². The maximum absolute atomic E-state index is 13.1. The normalized spacial score (nSPS) is 12.0. The molecule has 0 aliphatic carbocycles. The molecule has 1 atom stereocenters. The number of nitrogens with one attached hydrogen (secondary N) is 1. The Morgan fingerprint density at radius 1 is 1.16 bits per heavy atom. The molecule has 2 aromatic rings. The summed E-state index contributed by atoms with van der Waals surface area (Å²) in [6.07, 6.45) is -4.14.